The zero-order chi connectivity index (χ0) is 19.8. The highest BCUT2D eigenvalue weighted by Crippen LogP contribution is 2.38. The van der Waals surface area contributed by atoms with Crippen molar-refractivity contribution in [3.05, 3.63) is 89.9 Å². The minimum absolute atomic E-state index is 1.01. The van der Waals surface area contributed by atoms with Crippen LogP contribution in [0.4, 0.5) is 0 Å². The summed E-state index contributed by atoms with van der Waals surface area (Å²) >= 11 is 1.83. The molecular formula is C26H17N3S. The summed E-state index contributed by atoms with van der Waals surface area (Å²) < 4.78 is 4.70. The molecule has 0 aliphatic carbocycles. The van der Waals surface area contributed by atoms with Crippen LogP contribution in [0.2, 0.25) is 0 Å². The summed E-state index contributed by atoms with van der Waals surface area (Å²) in [5.74, 6) is 1.08. The minimum atomic E-state index is 1.01. The molecule has 0 aliphatic heterocycles. The van der Waals surface area contributed by atoms with Crippen molar-refractivity contribution in [2.45, 2.75) is 6.92 Å². The molecule has 7 rings (SSSR count). The second kappa shape index (κ2) is 5.71. The maximum atomic E-state index is 4.92. The van der Waals surface area contributed by atoms with Crippen LogP contribution in [0.1, 0.15) is 4.88 Å². The van der Waals surface area contributed by atoms with Gasteiger partial charge in [0.25, 0.3) is 0 Å². The van der Waals surface area contributed by atoms with E-state index in [4.69, 9.17) is 4.98 Å². The van der Waals surface area contributed by atoms with Crippen LogP contribution < -0.4 is 0 Å². The summed E-state index contributed by atoms with van der Waals surface area (Å²) in [4.78, 5) is 7.48. The molecule has 30 heavy (non-hydrogen) atoms. The van der Waals surface area contributed by atoms with Gasteiger partial charge in [-0.05, 0) is 30.5 Å². The maximum absolute atomic E-state index is 4.92. The van der Waals surface area contributed by atoms with Crippen LogP contribution in [0.5, 0.6) is 0 Å². The minimum Gasteiger partial charge on any atom is -0.294 e. The second-order valence-corrected chi connectivity index (χ2v) is 9.00. The van der Waals surface area contributed by atoms with Crippen molar-refractivity contribution in [3.8, 4) is 5.82 Å². The standard InChI is InChI=1S/C26H17N3S/c1-16-14-21-17-8-2-3-11-20(17)25-27-15-24(29(25)26(21)30-16)28-22-12-6-4-9-18(22)19-10-5-7-13-23(19)28/h2-15H,1H3. The average Bonchev–Trinajstić information content (AvgIpc) is 3.47. The molecular weight excluding hydrogens is 386 g/mol. The first kappa shape index (κ1) is 16.2. The van der Waals surface area contributed by atoms with Gasteiger partial charge in [0.1, 0.15) is 16.3 Å². The van der Waals surface area contributed by atoms with Gasteiger partial charge < -0.3 is 0 Å². The maximum Gasteiger partial charge on any atom is 0.147 e. The fraction of sp³-hybridized carbons (Fsp3) is 0.0385. The summed E-state index contributed by atoms with van der Waals surface area (Å²) in [5, 5.41) is 6.28. The van der Waals surface area contributed by atoms with Gasteiger partial charge in [0, 0.05) is 26.4 Å². The Labute approximate surface area is 176 Å². The molecule has 0 bridgehead atoms. The van der Waals surface area contributed by atoms with Gasteiger partial charge in [-0.3, -0.25) is 8.97 Å². The molecule has 7 aromatic rings. The largest absolute Gasteiger partial charge is 0.294 e. The van der Waals surface area contributed by atoms with Crippen LogP contribution in [0.15, 0.2) is 85.1 Å². The highest BCUT2D eigenvalue weighted by molar-refractivity contribution is 7.18. The van der Waals surface area contributed by atoms with Crippen LogP contribution in [0, 0.1) is 6.92 Å². The van der Waals surface area contributed by atoms with Crippen molar-refractivity contribution >= 4 is 59.8 Å². The van der Waals surface area contributed by atoms with Crippen molar-refractivity contribution in [1.82, 2.24) is 14.0 Å². The van der Waals surface area contributed by atoms with Crippen LogP contribution in [0.3, 0.4) is 0 Å². The lowest BCUT2D eigenvalue weighted by Gasteiger charge is -2.10. The van der Waals surface area contributed by atoms with E-state index in [2.05, 4.69) is 94.8 Å². The van der Waals surface area contributed by atoms with E-state index in [1.807, 2.05) is 17.5 Å². The molecule has 0 unspecified atom stereocenters. The Balaban J connectivity index is 1.75. The zero-order valence-corrected chi connectivity index (χ0v) is 17.1. The monoisotopic (exact) mass is 403 g/mol. The number of aromatic nitrogens is 3. The smallest absolute Gasteiger partial charge is 0.147 e. The van der Waals surface area contributed by atoms with Gasteiger partial charge in [-0.15, -0.1) is 11.3 Å². The first-order valence-corrected chi connectivity index (χ1v) is 10.9. The number of pyridine rings is 1. The Hall–Kier alpha value is -3.63. The number of benzene rings is 3. The third-order valence-electron chi connectivity index (χ3n) is 6.05. The first-order chi connectivity index (χ1) is 14.8. The third-order valence-corrected chi connectivity index (χ3v) is 7.08. The summed E-state index contributed by atoms with van der Waals surface area (Å²) in [6.45, 7) is 2.18. The van der Waals surface area contributed by atoms with Crippen molar-refractivity contribution in [1.29, 1.82) is 0 Å². The predicted octanol–water partition coefficient (Wildman–Crippen LogP) is 7.11. The third kappa shape index (κ3) is 1.96. The number of hydrogen-bond donors (Lipinski definition) is 0. The lowest BCUT2D eigenvalue weighted by Crippen LogP contribution is -1.99. The van der Waals surface area contributed by atoms with E-state index in [-0.39, 0.29) is 0 Å². The molecule has 3 nitrogen and oxygen atoms in total. The Morgan fingerprint density at radius 3 is 2.00 bits per heavy atom. The molecule has 3 aromatic carbocycles. The molecule has 0 saturated heterocycles. The van der Waals surface area contributed by atoms with Crippen LogP contribution >= 0.6 is 11.3 Å². The summed E-state index contributed by atoms with van der Waals surface area (Å²) in [7, 11) is 0. The molecule has 0 amide bonds. The zero-order valence-electron chi connectivity index (χ0n) is 16.3. The quantitative estimate of drug-likeness (QED) is 0.286. The number of thiophene rings is 1. The van der Waals surface area contributed by atoms with E-state index in [0.717, 1.165) is 11.5 Å². The molecule has 4 heteroatoms. The fourth-order valence-corrected chi connectivity index (χ4v) is 5.87. The Morgan fingerprint density at radius 2 is 1.30 bits per heavy atom. The Kier molecular flexibility index (Phi) is 3.08. The molecule has 4 heterocycles. The van der Waals surface area contributed by atoms with Gasteiger partial charge in [0.15, 0.2) is 0 Å². The number of imidazole rings is 1. The van der Waals surface area contributed by atoms with Crippen LogP contribution in [0.25, 0.3) is 54.3 Å². The number of hydrogen-bond acceptors (Lipinski definition) is 2. The van der Waals surface area contributed by atoms with E-state index < -0.39 is 0 Å². The lowest BCUT2D eigenvalue weighted by atomic mass is 10.1. The molecule has 0 saturated carbocycles. The molecule has 0 fully saturated rings. The molecule has 0 spiro atoms. The predicted molar refractivity (Wildman–Crippen MR) is 127 cm³/mol. The highest BCUT2D eigenvalue weighted by atomic mass is 32.1. The van der Waals surface area contributed by atoms with Crippen molar-refractivity contribution in [2.75, 3.05) is 0 Å². The lowest BCUT2D eigenvalue weighted by molar-refractivity contribution is 1.07. The van der Waals surface area contributed by atoms with E-state index >= 15 is 0 Å². The molecule has 0 atom stereocenters. The van der Waals surface area contributed by atoms with E-state index in [1.165, 1.54) is 47.7 Å². The van der Waals surface area contributed by atoms with E-state index in [1.54, 1.807) is 0 Å². The number of nitrogens with zero attached hydrogens (tertiary/aromatic N) is 3. The van der Waals surface area contributed by atoms with Crippen molar-refractivity contribution in [2.24, 2.45) is 0 Å². The summed E-state index contributed by atoms with van der Waals surface area (Å²) in [5.41, 5.74) is 3.42. The molecule has 0 aliphatic rings. The highest BCUT2D eigenvalue weighted by Gasteiger charge is 2.19. The van der Waals surface area contributed by atoms with Crippen molar-refractivity contribution < 1.29 is 0 Å². The molecule has 0 radical (unpaired) electrons. The van der Waals surface area contributed by atoms with Gasteiger partial charge in [0.2, 0.25) is 0 Å². The Bertz CT molecular complexity index is 1710. The van der Waals surface area contributed by atoms with E-state index in [0.29, 0.717) is 0 Å². The van der Waals surface area contributed by atoms with Crippen molar-refractivity contribution in [3.63, 3.8) is 0 Å². The van der Waals surface area contributed by atoms with Crippen LogP contribution in [-0.4, -0.2) is 14.0 Å². The normalized spacial score (nSPS) is 12.2. The van der Waals surface area contributed by atoms with Gasteiger partial charge in [0.05, 0.1) is 17.2 Å². The number of fused-ring (bicyclic) bond motifs is 9. The van der Waals surface area contributed by atoms with Gasteiger partial charge in [-0.1, -0.05) is 60.7 Å². The molecule has 142 valence electrons. The van der Waals surface area contributed by atoms with Gasteiger partial charge in [-0.25, -0.2) is 4.98 Å². The first-order valence-electron chi connectivity index (χ1n) is 10.1. The number of aryl methyl sites for hydroxylation is 1. The van der Waals surface area contributed by atoms with Gasteiger partial charge in [-0.2, -0.15) is 0 Å². The second-order valence-electron chi connectivity index (χ2n) is 7.77. The van der Waals surface area contributed by atoms with Crippen LogP contribution in [-0.2, 0) is 0 Å². The average molecular weight is 404 g/mol. The fourth-order valence-electron chi connectivity index (χ4n) is 4.83. The number of rotatable bonds is 1. The summed E-state index contributed by atoms with van der Waals surface area (Å²) in [6, 6.07) is 28.2. The SMILES string of the molecule is Cc1cc2c3ccccc3c3ncc(-n4c5ccccc5c5ccccc54)n3c2s1. The number of para-hydroxylation sites is 2. The topological polar surface area (TPSA) is 22.2 Å². The van der Waals surface area contributed by atoms with E-state index in [9.17, 15) is 0 Å². The Morgan fingerprint density at radius 1 is 0.700 bits per heavy atom. The molecule has 4 aromatic heterocycles. The van der Waals surface area contributed by atoms with Gasteiger partial charge >= 0.3 is 0 Å². The molecule has 0 N–H and O–H groups in total. The summed E-state index contributed by atoms with van der Waals surface area (Å²) in [6.07, 6.45) is 2.02.